The zero-order chi connectivity index (χ0) is 24.7. The molecule has 0 aliphatic carbocycles. The van der Waals surface area contributed by atoms with Crippen LogP contribution in [0.4, 0.5) is 0 Å². The molecule has 34 heavy (non-hydrogen) atoms. The number of likely N-dealkylation sites (N-methyl/N-ethyl adjacent to an activating group) is 1. The highest BCUT2D eigenvalue weighted by Crippen LogP contribution is 2.19. The summed E-state index contributed by atoms with van der Waals surface area (Å²) in [5.41, 5.74) is 0.885. The highest BCUT2D eigenvalue weighted by Gasteiger charge is 2.27. The maximum Gasteiger partial charge on any atom is 0.326 e. The minimum Gasteiger partial charge on any atom is -0.508 e. The van der Waals surface area contributed by atoms with E-state index in [2.05, 4.69) is 10.6 Å². The van der Waals surface area contributed by atoms with Crippen molar-refractivity contribution in [3.8, 4) is 11.5 Å². The van der Waals surface area contributed by atoms with E-state index in [-0.39, 0.29) is 55.4 Å². The van der Waals surface area contributed by atoms with Crippen LogP contribution in [0.5, 0.6) is 11.5 Å². The molecular weight excluding hydrogens is 442 g/mol. The first kappa shape index (κ1) is 24.6. The van der Waals surface area contributed by atoms with Gasteiger partial charge < -0.3 is 30.5 Å². The molecule has 2 aromatic carbocycles. The lowest BCUT2D eigenvalue weighted by atomic mass is 10.0. The van der Waals surface area contributed by atoms with Gasteiger partial charge in [0.25, 0.3) is 5.91 Å². The molecule has 0 radical (unpaired) electrons. The zero-order valence-electron chi connectivity index (χ0n) is 18.7. The van der Waals surface area contributed by atoms with Crippen LogP contribution in [0.3, 0.4) is 0 Å². The fourth-order valence-corrected chi connectivity index (χ4v) is 3.55. The number of rotatable bonds is 3. The molecule has 0 fully saturated rings. The van der Waals surface area contributed by atoms with Crippen LogP contribution in [0.15, 0.2) is 48.5 Å². The number of aromatic hydroxyl groups is 1. The van der Waals surface area contributed by atoms with Gasteiger partial charge in [0.2, 0.25) is 11.8 Å². The summed E-state index contributed by atoms with van der Waals surface area (Å²) in [6.45, 7) is 0.267. The Morgan fingerprint density at radius 1 is 1.09 bits per heavy atom. The average molecular weight is 469 g/mol. The molecule has 0 unspecified atom stereocenters. The number of nitrogens with zero attached hydrogens (tertiary/aromatic N) is 1. The van der Waals surface area contributed by atoms with Gasteiger partial charge in [-0.15, -0.1) is 0 Å². The van der Waals surface area contributed by atoms with E-state index in [1.807, 2.05) is 0 Å². The smallest absolute Gasteiger partial charge is 0.326 e. The first-order valence-electron chi connectivity index (χ1n) is 10.8. The number of phenolic OH excluding ortho intramolecular Hbond substituents is 1. The van der Waals surface area contributed by atoms with Crippen LogP contribution < -0.4 is 15.4 Å². The fourth-order valence-electron chi connectivity index (χ4n) is 3.55. The molecular formula is C24H27N3O7. The summed E-state index contributed by atoms with van der Waals surface area (Å²) < 4.78 is 5.72. The standard InChI is InChI=1S/C24H27N3O7/c1-27-12-13-34-20-5-3-2-4-17(20)22(30)26-18(24(32)33)10-11-21(29)25-19(23(27)31)14-15-6-8-16(28)9-7-15/h2-9,18-19,28H,10-14H2,1H3,(H,25,29)(H,26,30)(H,32,33)/t18-,19-/m0/s1. The van der Waals surface area contributed by atoms with Crippen LogP contribution in [0, 0.1) is 0 Å². The predicted octanol–water partition coefficient (Wildman–Crippen LogP) is 0.934. The topological polar surface area (TPSA) is 145 Å². The van der Waals surface area contributed by atoms with Crippen LogP contribution in [-0.4, -0.2) is 71.1 Å². The number of carboxylic acid groups (broad SMARTS) is 1. The first-order chi connectivity index (χ1) is 16.2. The number of hydrogen-bond acceptors (Lipinski definition) is 6. The third-order valence-corrected chi connectivity index (χ3v) is 5.47. The monoisotopic (exact) mass is 469 g/mol. The molecule has 0 saturated carbocycles. The molecule has 1 aliphatic heterocycles. The zero-order valence-corrected chi connectivity index (χ0v) is 18.7. The van der Waals surface area contributed by atoms with Crippen LogP contribution in [0.1, 0.15) is 28.8 Å². The van der Waals surface area contributed by atoms with E-state index in [4.69, 9.17) is 4.74 Å². The van der Waals surface area contributed by atoms with Crippen molar-refractivity contribution in [2.24, 2.45) is 0 Å². The lowest BCUT2D eigenvalue weighted by Crippen LogP contribution is -2.49. The second-order valence-electron chi connectivity index (χ2n) is 8.00. The van der Waals surface area contributed by atoms with E-state index in [1.54, 1.807) is 37.4 Å². The van der Waals surface area contributed by atoms with Crippen molar-refractivity contribution in [3.63, 3.8) is 0 Å². The number of carbonyl (C=O) groups is 4. The van der Waals surface area contributed by atoms with Gasteiger partial charge in [-0.05, 0) is 36.2 Å². The third-order valence-electron chi connectivity index (χ3n) is 5.47. The Hall–Kier alpha value is -4.08. The van der Waals surface area contributed by atoms with Crippen molar-refractivity contribution >= 4 is 23.7 Å². The van der Waals surface area contributed by atoms with Crippen molar-refractivity contribution < 1.29 is 34.1 Å². The maximum absolute atomic E-state index is 13.1. The minimum absolute atomic E-state index is 0.0781. The second kappa shape index (κ2) is 11.2. The molecule has 0 spiro atoms. The molecule has 0 aromatic heterocycles. The summed E-state index contributed by atoms with van der Waals surface area (Å²) in [4.78, 5) is 51.5. The summed E-state index contributed by atoms with van der Waals surface area (Å²) >= 11 is 0. The molecule has 4 N–H and O–H groups in total. The lowest BCUT2D eigenvalue weighted by molar-refractivity contribution is -0.140. The molecule has 2 aromatic rings. The molecule has 3 amide bonds. The number of para-hydroxylation sites is 1. The summed E-state index contributed by atoms with van der Waals surface area (Å²) in [6, 6.07) is 10.5. The number of nitrogens with one attached hydrogen (secondary N) is 2. The number of carbonyl (C=O) groups excluding carboxylic acids is 3. The lowest BCUT2D eigenvalue weighted by Gasteiger charge is -2.25. The quantitative estimate of drug-likeness (QED) is 0.523. The third kappa shape index (κ3) is 6.47. The van der Waals surface area contributed by atoms with Crippen LogP contribution in [0.2, 0.25) is 0 Å². The van der Waals surface area contributed by atoms with Crippen molar-refractivity contribution in [3.05, 3.63) is 59.7 Å². The van der Waals surface area contributed by atoms with Crippen molar-refractivity contribution in [1.82, 2.24) is 15.5 Å². The number of amides is 3. The Morgan fingerprint density at radius 3 is 2.50 bits per heavy atom. The number of ether oxygens (including phenoxy) is 1. The molecule has 1 heterocycles. The first-order valence-corrected chi connectivity index (χ1v) is 10.8. The summed E-state index contributed by atoms with van der Waals surface area (Å²) in [7, 11) is 1.58. The predicted molar refractivity (Wildman–Crippen MR) is 121 cm³/mol. The molecule has 0 saturated heterocycles. The molecule has 1 aliphatic rings. The second-order valence-corrected chi connectivity index (χ2v) is 8.00. The van der Waals surface area contributed by atoms with Gasteiger partial charge in [0.05, 0.1) is 12.1 Å². The van der Waals surface area contributed by atoms with Gasteiger partial charge >= 0.3 is 5.97 Å². The van der Waals surface area contributed by atoms with E-state index in [9.17, 15) is 29.4 Å². The van der Waals surface area contributed by atoms with Gasteiger partial charge in [-0.2, -0.15) is 0 Å². The van der Waals surface area contributed by atoms with Crippen molar-refractivity contribution in [1.29, 1.82) is 0 Å². The molecule has 10 heteroatoms. The average Bonchev–Trinajstić information content (AvgIpc) is 2.81. The molecule has 180 valence electrons. The van der Waals surface area contributed by atoms with Gasteiger partial charge in [0, 0.05) is 19.9 Å². The number of hydrogen-bond donors (Lipinski definition) is 4. The van der Waals surface area contributed by atoms with E-state index >= 15 is 0 Å². The SMILES string of the molecule is CN1CCOc2ccccc2C(=O)N[C@H](C(=O)O)CCC(=O)N[C@@H](Cc2ccc(O)cc2)C1=O. The molecule has 2 atom stereocenters. The number of fused-ring (bicyclic) bond motifs is 1. The van der Waals surface area contributed by atoms with E-state index in [0.29, 0.717) is 0 Å². The Balaban J connectivity index is 1.85. The number of benzene rings is 2. The molecule has 0 bridgehead atoms. The normalized spacial score (nSPS) is 20.1. The highest BCUT2D eigenvalue weighted by atomic mass is 16.5. The molecule has 3 rings (SSSR count). The van der Waals surface area contributed by atoms with Gasteiger partial charge in [-0.1, -0.05) is 24.3 Å². The largest absolute Gasteiger partial charge is 0.508 e. The minimum atomic E-state index is -1.30. The van der Waals surface area contributed by atoms with Crippen molar-refractivity contribution in [2.75, 3.05) is 20.2 Å². The summed E-state index contributed by atoms with van der Waals surface area (Å²) in [5, 5.41) is 24.1. The van der Waals surface area contributed by atoms with Gasteiger partial charge in [0.1, 0.15) is 30.2 Å². The Labute approximate surface area is 196 Å². The van der Waals surface area contributed by atoms with E-state index in [0.717, 1.165) is 5.56 Å². The summed E-state index contributed by atoms with van der Waals surface area (Å²) in [6.07, 6.45) is -0.192. The highest BCUT2D eigenvalue weighted by molar-refractivity contribution is 5.99. The maximum atomic E-state index is 13.1. The van der Waals surface area contributed by atoms with Gasteiger partial charge in [-0.25, -0.2) is 4.79 Å². The van der Waals surface area contributed by atoms with E-state index < -0.39 is 29.9 Å². The number of aliphatic carboxylic acids is 1. The Bertz CT molecular complexity index is 1050. The Kier molecular flexibility index (Phi) is 8.07. The number of phenols is 1. The van der Waals surface area contributed by atoms with Crippen molar-refractivity contribution in [2.45, 2.75) is 31.3 Å². The Morgan fingerprint density at radius 2 is 1.79 bits per heavy atom. The van der Waals surface area contributed by atoms with Crippen LogP contribution >= 0.6 is 0 Å². The molecule has 10 nitrogen and oxygen atoms in total. The van der Waals surface area contributed by atoms with E-state index in [1.165, 1.54) is 23.1 Å². The van der Waals surface area contributed by atoms with Crippen LogP contribution in [-0.2, 0) is 20.8 Å². The number of carboxylic acids is 1. The fraction of sp³-hybridized carbons (Fsp3) is 0.333. The van der Waals surface area contributed by atoms with Gasteiger partial charge in [-0.3, -0.25) is 14.4 Å². The van der Waals surface area contributed by atoms with Gasteiger partial charge in [0.15, 0.2) is 0 Å². The van der Waals surface area contributed by atoms with Crippen LogP contribution in [0.25, 0.3) is 0 Å². The summed E-state index contributed by atoms with van der Waals surface area (Å²) in [5.74, 6) is -2.44.